The van der Waals surface area contributed by atoms with Crippen LogP contribution in [-0.2, 0) is 138 Å². The van der Waals surface area contributed by atoms with Crippen LogP contribution < -0.4 is 54.8 Å². The Morgan fingerprint density at radius 3 is 0.827 bits per heavy atom. The number of unbranched alkanes of at least 4 members (excludes halogenated alkanes) is 3. The third-order valence-electron chi connectivity index (χ3n) is 16.5. The van der Waals surface area contributed by atoms with E-state index in [1.165, 1.54) is 6.92 Å². The van der Waals surface area contributed by atoms with E-state index in [4.69, 9.17) is 98.7 Å². The maximum atomic E-state index is 12.8. The van der Waals surface area contributed by atoms with Gasteiger partial charge in [0.1, 0.15) is 24.9 Å². The summed E-state index contributed by atoms with van der Waals surface area (Å²) in [6, 6.07) is -3.19. The number of hydrogen-bond donors (Lipinski definition) is 12. The maximum Gasteiger partial charge on any atom is 0.303 e. The first-order valence-electron chi connectivity index (χ1n) is 37.0. The van der Waals surface area contributed by atoms with Crippen LogP contribution in [0.3, 0.4) is 0 Å². The fourth-order valence-corrected chi connectivity index (χ4v) is 11.2. The minimum Gasteiger partial charge on any atom is -0.463 e. The Hall–Kier alpha value is -7.49. The van der Waals surface area contributed by atoms with Crippen molar-refractivity contribution in [3.8, 4) is 0 Å². The van der Waals surface area contributed by atoms with Gasteiger partial charge in [0.15, 0.2) is 55.5 Å². The summed E-state index contributed by atoms with van der Waals surface area (Å²) in [4.78, 5) is 158. The molecule has 110 heavy (non-hydrogen) atoms. The summed E-state index contributed by atoms with van der Waals surface area (Å²) in [6.45, 7) is 7.83. The van der Waals surface area contributed by atoms with E-state index < -0.39 is 152 Å². The molecule has 3 rings (SSSR count). The number of rotatable bonds is 55. The topological polar surface area (TPSA) is 586 Å². The van der Waals surface area contributed by atoms with Crippen LogP contribution in [0, 0.1) is 0 Å². The average molecular weight is 1580 g/mol. The fraction of sp³-hybridized carbons (Fsp3) is 0.812. The Balaban J connectivity index is 1.38. The van der Waals surface area contributed by atoms with Crippen LogP contribution in [-0.4, -0.2) is 303 Å². The number of nitrogens with two attached hydrogens (primary N) is 4. The van der Waals surface area contributed by atoms with E-state index in [-0.39, 0.29) is 179 Å². The zero-order chi connectivity index (χ0) is 81.6. The second kappa shape index (κ2) is 54.2. The third-order valence-corrected chi connectivity index (χ3v) is 16.5. The molecule has 6 amide bonds. The largest absolute Gasteiger partial charge is 0.463 e. The van der Waals surface area contributed by atoms with Gasteiger partial charge in [0.25, 0.3) is 0 Å². The van der Waals surface area contributed by atoms with Gasteiger partial charge in [-0.2, -0.15) is 0 Å². The minimum absolute atomic E-state index is 0.0486. The van der Waals surface area contributed by atoms with Gasteiger partial charge >= 0.3 is 41.8 Å². The normalized spacial score (nSPS) is 24.2. The highest BCUT2D eigenvalue weighted by Crippen LogP contribution is 2.30. The standard InChI is InChI=1S/C69H118N10O31/c1-41(82)101-37-50-62(104-44(4)85)65(107-47(7)88)59(72)68(110-50)100-31-13-10-19-53(91)76-25-16-28-79-56(94)22-34-97-40-69(73,38-95-32-20-54(92)77-26-14-23-74-51(89)17-8-11-29-98-66-57(70)63(105-45(5)86)60(102-42(2)83)48(35-80)108-66)39-96-33-21-55(93)78-27-15-24-75-52(90)18-9-12-30-99-67-58(71)64(106-46(6)87)61(103-43(3)84)49(36-81)109-67/h48-50,57-68,80-81H,8-40,70-73H2,1-7H3,(H,74,89)(H,75,90)(H,76,91)(H,77,92)(H,78,93)(H,79,94). The van der Waals surface area contributed by atoms with Crippen LogP contribution >= 0.6 is 0 Å². The summed E-state index contributed by atoms with van der Waals surface area (Å²) in [7, 11) is 0. The molecule has 0 aromatic heterocycles. The number of esters is 7. The van der Waals surface area contributed by atoms with Crippen molar-refractivity contribution in [1.29, 1.82) is 0 Å². The van der Waals surface area contributed by atoms with Gasteiger partial charge in [0, 0.05) is 146 Å². The molecule has 3 fully saturated rings. The van der Waals surface area contributed by atoms with Crippen LogP contribution in [0.2, 0.25) is 0 Å². The number of nitrogens with one attached hydrogen (secondary N) is 6. The van der Waals surface area contributed by atoms with Gasteiger partial charge in [-0.05, 0) is 57.8 Å². The van der Waals surface area contributed by atoms with Gasteiger partial charge in [-0.25, -0.2) is 0 Å². The Morgan fingerprint density at radius 2 is 0.573 bits per heavy atom. The molecule has 41 heteroatoms. The Kier molecular flexibility index (Phi) is 47.7. The van der Waals surface area contributed by atoms with Crippen LogP contribution in [0.5, 0.6) is 0 Å². The molecule has 630 valence electrons. The van der Waals surface area contributed by atoms with E-state index in [0.29, 0.717) is 57.8 Å². The van der Waals surface area contributed by atoms with Gasteiger partial charge in [-0.3, -0.25) is 62.3 Å². The van der Waals surface area contributed by atoms with Crippen LogP contribution in [0.25, 0.3) is 0 Å². The molecule has 15 unspecified atom stereocenters. The summed E-state index contributed by atoms with van der Waals surface area (Å²) in [5, 5.41) is 36.4. The highest BCUT2D eigenvalue weighted by atomic mass is 16.7. The zero-order valence-electron chi connectivity index (χ0n) is 64.0. The molecular formula is C69H118N10O31. The first-order valence-corrected chi connectivity index (χ1v) is 37.0. The van der Waals surface area contributed by atoms with Crippen molar-refractivity contribution < 1.29 is 148 Å². The molecule has 41 nitrogen and oxygen atoms in total. The highest BCUT2D eigenvalue weighted by Gasteiger charge is 2.52. The molecule has 3 aliphatic heterocycles. The molecule has 0 spiro atoms. The van der Waals surface area contributed by atoms with Crippen LogP contribution in [0.4, 0.5) is 0 Å². The lowest BCUT2D eigenvalue weighted by Gasteiger charge is -2.43. The molecule has 3 heterocycles. The molecule has 0 aliphatic carbocycles. The Bertz CT molecular complexity index is 2740. The van der Waals surface area contributed by atoms with Gasteiger partial charge in [-0.1, -0.05) is 0 Å². The van der Waals surface area contributed by atoms with Crippen molar-refractivity contribution in [3.05, 3.63) is 0 Å². The smallest absolute Gasteiger partial charge is 0.303 e. The second-order valence-electron chi connectivity index (χ2n) is 26.4. The molecular weight excluding hydrogens is 1460 g/mol. The first-order chi connectivity index (χ1) is 52.4. The van der Waals surface area contributed by atoms with Gasteiger partial charge in [0.05, 0.1) is 76.5 Å². The van der Waals surface area contributed by atoms with Gasteiger partial charge in [0.2, 0.25) is 35.4 Å². The number of ether oxygens (including phenoxy) is 16. The summed E-state index contributed by atoms with van der Waals surface area (Å²) in [5.74, 6) is -6.50. The van der Waals surface area contributed by atoms with Crippen molar-refractivity contribution >= 4 is 77.2 Å². The molecule has 0 aromatic carbocycles. The molecule has 16 N–H and O–H groups in total. The van der Waals surface area contributed by atoms with Crippen molar-refractivity contribution in [2.24, 2.45) is 22.9 Å². The van der Waals surface area contributed by atoms with Crippen LogP contribution in [0.15, 0.2) is 0 Å². The van der Waals surface area contributed by atoms with Gasteiger partial charge in [-0.15, -0.1) is 0 Å². The third kappa shape index (κ3) is 40.1. The maximum absolute atomic E-state index is 12.8. The summed E-state index contributed by atoms with van der Waals surface area (Å²) < 4.78 is 88.9. The minimum atomic E-state index is -1.31. The fourth-order valence-electron chi connectivity index (χ4n) is 11.2. The molecule has 15 atom stereocenters. The van der Waals surface area contributed by atoms with E-state index in [0.717, 1.165) is 41.5 Å². The lowest BCUT2D eigenvalue weighted by Crippen LogP contribution is -2.64. The monoisotopic (exact) mass is 1580 g/mol. The molecule has 3 saturated heterocycles. The van der Waals surface area contributed by atoms with Crippen molar-refractivity contribution in [2.75, 3.05) is 119 Å². The average Bonchev–Trinajstić information content (AvgIpc) is 0.810. The van der Waals surface area contributed by atoms with Crippen molar-refractivity contribution in [1.82, 2.24) is 31.9 Å². The van der Waals surface area contributed by atoms with E-state index in [1.807, 2.05) is 0 Å². The summed E-state index contributed by atoms with van der Waals surface area (Å²) >= 11 is 0. The lowest BCUT2D eigenvalue weighted by molar-refractivity contribution is -0.274. The Morgan fingerprint density at radius 1 is 0.327 bits per heavy atom. The summed E-state index contributed by atoms with van der Waals surface area (Å²) in [5.41, 5.74) is 24.2. The van der Waals surface area contributed by atoms with Gasteiger partial charge < -0.3 is 141 Å². The number of amides is 6. The SMILES string of the molecule is CC(=O)OCC1OC(OCCCCC(=O)NCCCNC(=O)CCOCC(N)(COCCC(=O)NCCCNC(=O)CCCCOC2OC(CO)C(OC(C)=O)C(OC(C)=O)C2N)COCCC(=O)NCCCNC(=O)CCCCOC2OC(CO)C(OC(C)=O)C(OC(C)=O)C2N)C(N)C(OC(C)=O)C1OC(C)=O. The number of hydrogen-bond acceptors (Lipinski definition) is 35. The molecule has 0 saturated carbocycles. The predicted octanol–water partition coefficient (Wildman–Crippen LogP) is -4.37. The van der Waals surface area contributed by atoms with Crippen molar-refractivity contribution in [2.45, 2.75) is 242 Å². The lowest BCUT2D eigenvalue weighted by atomic mass is 9.97. The molecule has 0 bridgehead atoms. The first kappa shape index (κ1) is 96.7. The zero-order valence-corrected chi connectivity index (χ0v) is 64.0. The van der Waals surface area contributed by atoms with E-state index in [9.17, 15) is 72.5 Å². The summed E-state index contributed by atoms with van der Waals surface area (Å²) in [6.07, 6.45) is -9.47. The number of aliphatic hydroxyl groups is 2. The molecule has 0 radical (unpaired) electrons. The number of carbonyl (C=O) groups is 13. The Labute approximate surface area is 639 Å². The van der Waals surface area contributed by atoms with Crippen molar-refractivity contribution in [3.63, 3.8) is 0 Å². The quantitative estimate of drug-likeness (QED) is 0.0155. The van der Waals surface area contributed by atoms with Crippen LogP contribution in [0.1, 0.15) is 145 Å². The number of aliphatic hydroxyl groups excluding tert-OH is 2. The van der Waals surface area contributed by atoms with E-state index in [1.54, 1.807) is 0 Å². The number of carbonyl (C=O) groups excluding carboxylic acids is 13. The second-order valence-corrected chi connectivity index (χ2v) is 26.4. The molecule has 3 aliphatic rings. The van der Waals surface area contributed by atoms with E-state index >= 15 is 0 Å². The predicted molar refractivity (Wildman–Crippen MR) is 379 cm³/mol. The van der Waals surface area contributed by atoms with E-state index in [2.05, 4.69) is 31.9 Å². The highest BCUT2D eigenvalue weighted by molar-refractivity contribution is 5.78. The molecule has 0 aromatic rings.